The van der Waals surface area contributed by atoms with Crippen molar-refractivity contribution in [2.24, 2.45) is 24.6 Å². The van der Waals surface area contributed by atoms with Crippen molar-refractivity contribution in [2.45, 2.75) is 44.3 Å². The van der Waals surface area contributed by atoms with Crippen LogP contribution in [0.25, 0.3) is 44.6 Å². The van der Waals surface area contributed by atoms with Crippen LogP contribution in [0.3, 0.4) is 0 Å². The van der Waals surface area contributed by atoms with Gasteiger partial charge >= 0.3 is 0 Å². The number of ether oxygens (including phenoxy) is 2. The second kappa shape index (κ2) is 10.1. The van der Waals surface area contributed by atoms with Crippen molar-refractivity contribution in [1.29, 1.82) is 0 Å². The van der Waals surface area contributed by atoms with E-state index in [1.54, 1.807) is 19.2 Å². The van der Waals surface area contributed by atoms with E-state index in [1.807, 2.05) is 24.1 Å². The average molecular weight is 594 g/mol. The summed E-state index contributed by atoms with van der Waals surface area (Å²) >= 11 is 0. The Kier molecular flexibility index (Phi) is 6.24. The van der Waals surface area contributed by atoms with Gasteiger partial charge in [0.05, 0.1) is 25.4 Å². The van der Waals surface area contributed by atoms with Gasteiger partial charge in [0, 0.05) is 48.7 Å². The zero-order valence-electron chi connectivity index (χ0n) is 25.2. The Morgan fingerprint density at radius 1 is 0.977 bits per heavy atom. The van der Waals surface area contributed by atoms with Crippen molar-refractivity contribution in [1.82, 2.24) is 19.0 Å². The third-order valence-electron chi connectivity index (χ3n) is 10.1. The van der Waals surface area contributed by atoms with Gasteiger partial charge in [-0.1, -0.05) is 18.2 Å². The fourth-order valence-electron chi connectivity index (χ4n) is 7.48. The molecule has 2 aliphatic carbocycles. The highest BCUT2D eigenvalue weighted by Crippen LogP contribution is 2.41. The molecule has 2 N–H and O–H groups in total. The number of likely N-dealkylation sites (tertiary alicyclic amines) is 1. The lowest BCUT2D eigenvalue weighted by atomic mass is 10.0. The zero-order chi connectivity index (χ0) is 30.3. The summed E-state index contributed by atoms with van der Waals surface area (Å²) in [5.74, 6) is 2.28. The predicted molar refractivity (Wildman–Crippen MR) is 168 cm³/mol. The maximum atomic E-state index is 14.1. The van der Waals surface area contributed by atoms with Crippen LogP contribution in [0.1, 0.15) is 36.0 Å². The first-order valence-corrected chi connectivity index (χ1v) is 15.4. The minimum Gasteiger partial charge on any atom is -0.494 e. The fourth-order valence-corrected chi connectivity index (χ4v) is 7.48. The molecule has 3 atom stereocenters. The molecule has 8 nitrogen and oxygen atoms in total. The molecule has 1 amide bonds. The number of aryl methyl sites for hydroxylation is 1. The molecule has 44 heavy (non-hydrogen) atoms. The number of halogens is 1. The van der Waals surface area contributed by atoms with E-state index < -0.39 is 0 Å². The van der Waals surface area contributed by atoms with Crippen molar-refractivity contribution >= 4 is 27.8 Å². The van der Waals surface area contributed by atoms with Crippen molar-refractivity contribution < 1.29 is 18.7 Å². The van der Waals surface area contributed by atoms with Gasteiger partial charge in [-0.15, -0.1) is 0 Å². The van der Waals surface area contributed by atoms with Gasteiger partial charge in [-0.05, 0) is 85.0 Å². The molecule has 2 saturated carbocycles. The molecule has 2 bridgehead atoms. The zero-order valence-corrected chi connectivity index (χ0v) is 25.2. The summed E-state index contributed by atoms with van der Waals surface area (Å²) in [7, 11) is 5.12. The smallest absolute Gasteiger partial charge is 0.254 e. The lowest BCUT2D eigenvalue weighted by molar-refractivity contribution is 0.0700. The number of rotatable bonds is 7. The van der Waals surface area contributed by atoms with Crippen LogP contribution in [0.4, 0.5) is 4.39 Å². The number of imidazole rings is 1. The number of piperidine rings is 1. The van der Waals surface area contributed by atoms with Crippen LogP contribution >= 0.6 is 0 Å². The first-order chi connectivity index (χ1) is 21.3. The predicted octanol–water partition coefficient (Wildman–Crippen LogP) is 5.99. The molecule has 226 valence electrons. The molecule has 1 aliphatic heterocycles. The molecule has 0 spiro atoms. The maximum Gasteiger partial charge on any atom is 0.254 e. The lowest BCUT2D eigenvalue weighted by Gasteiger charge is -2.27. The number of hydrogen-bond donors (Lipinski definition) is 1. The van der Waals surface area contributed by atoms with Gasteiger partial charge in [0.25, 0.3) is 5.91 Å². The molecular formula is C35H36FN5O3. The number of methoxy groups -OCH3 is 2. The standard InChI is InChI=1S/C35H36FN5O3/c1-39-33-26(12-24(16-31(33)44-3)35(42)41-18-23-9-11-27(41)32(23)37)38-34(39)29-14-22-7-6-20(13-28(22)40(29)17-19-4-5-19)21-8-10-25(36)30(15-21)43-2/h6-8,10,12-16,19,23,27,32H,4-5,9,11,17-18,37H2,1-3H3/t23?,27?,32-/m1/s1. The van der Waals surface area contributed by atoms with Crippen molar-refractivity contribution in [2.75, 3.05) is 20.8 Å². The number of carbonyl (C=O) groups excluding carboxylic acids is 1. The Hall–Kier alpha value is -4.37. The highest BCUT2D eigenvalue weighted by molar-refractivity contribution is 6.00. The van der Waals surface area contributed by atoms with Gasteiger partial charge in [-0.3, -0.25) is 4.79 Å². The molecule has 1 saturated heterocycles. The topological polar surface area (TPSA) is 87.5 Å². The van der Waals surface area contributed by atoms with Gasteiger partial charge in [0.1, 0.15) is 11.3 Å². The van der Waals surface area contributed by atoms with Gasteiger partial charge in [0.15, 0.2) is 17.4 Å². The largest absolute Gasteiger partial charge is 0.494 e. The second-order valence-corrected chi connectivity index (χ2v) is 12.7. The van der Waals surface area contributed by atoms with Crippen LogP contribution < -0.4 is 15.2 Å². The van der Waals surface area contributed by atoms with E-state index in [4.69, 9.17) is 20.2 Å². The number of benzene rings is 3. The number of carbonyl (C=O) groups is 1. The highest BCUT2D eigenvalue weighted by Gasteiger charge is 2.47. The molecule has 8 rings (SSSR count). The molecule has 3 fully saturated rings. The lowest BCUT2D eigenvalue weighted by Crippen LogP contribution is -2.41. The van der Waals surface area contributed by atoms with Crippen LogP contribution in [-0.2, 0) is 13.6 Å². The minimum absolute atomic E-state index is 0.00662. The van der Waals surface area contributed by atoms with Gasteiger partial charge < -0.3 is 29.2 Å². The highest BCUT2D eigenvalue weighted by atomic mass is 19.1. The Bertz CT molecular complexity index is 1960. The summed E-state index contributed by atoms with van der Waals surface area (Å²) in [4.78, 5) is 20.8. The molecule has 3 heterocycles. The van der Waals surface area contributed by atoms with E-state index in [1.165, 1.54) is 26.0 Å². The summed E-state index contributed by atoms with van der Waals surface area (Å²) in [6.45, 7) is 1.60. The summed E-state index contributed by atoms with van der Waals surface area (Å²) in [6.07, 6.45) is 4.47. The number of nitrogens with zero attached hydrogens (tertiary/aromatic N) is 4. The molecule has 0 radical (unpaired) electrons. The molecular weight excluding hydrogens is 557 g/mol. The summed E-state index contributed by atoms with van der Waals surface area (Å²) in [6, 6.07) is 17.4. The normalized spacial score (nSPS) is 21.1. The molecule has 2 unspecified atom stereocenters. The summed E-state index contributed by atoms with van der Waals surface area (Å²) < 4.78 is 29.7. The number of amides is 1. The maximum absolute atomic E-state index is 14.1. The molecule has 3 aliphatic rings. The average Bonchev–Trinajstić information content (AvgIpc) is 3.44. The number of nitrogens with two attached hydrogens (primary N) is 1. The quantitative estimate of drug-likeness (QED) is 0.251. The third-order valence-corrected chi connectivity index (χ3v) is 10.1. The molecule has 5 aromatic rings. The summed E-state index contributed by atoms with van der Waals surface area (Å²) in [5.41, 5.74) is 12.6. The van der Waals surface area contributed by atoms with Crippen LogP contribution in [-0.4, -0.2) is 57.8 Å². The first-order valence-electron chi connectivity index (χ1n) is 15.4. The Labute approximate surface area is 255 Å². The van der Waals surface area contributed by atoms with Crippen LogP contribution in [0.15, 0.2) is 54.6 Å². The Morgan fingerprint density at radius 2 is 1.75 bits per heavy atom. The van der Waals surface area contributed by atoms with E-state index in [2.05, 4.69) is 33.4 Å². The first kappa shape index (κ1) is 27.2. The van der Waals surface area contributed by atoms with E-state index in [0.29, 0.717) is 29.7 Å². The van der Waals surface area contributed by atoms with Gasteiger partial charge in [0.2, 0.25) is 0 Å². The van der Waals surface area contributed by atoms with Crippen molar-refractivity contribution in [3.8, 4) is 34.1 Å². The number of fused-ring (bicyclic) bond motifs is 4. The second-order valence-electron chi connectivity index (χ2n) is 12.7. The van der Waals surface area contributed by atoms with E-state index >= 15 is 0 Å². The minimum atomic E-state index is -0.380. The van der Waals surface area contributed by atoms with E-state index in [-0.39, 0.29) is 29.6 Å². The number of aromatic nitrogens is 3. The van der Waals surface area contributed by atoms with Crippen molar-refractivity contribution in [3.05, 3.63) is 66.0 Å². The van der Waals surface area contributed by atoms with Crippen LogP contribution in [0, 0.1) is 17.7 Å². The van der Waals surface area contributed by atoms with Crippen molar-refractivity contribution in [3.63, 3.8) is 0 Å². The molecule has 2 aromatic heterocycles. The molecule has 3 aromatic carbocycles. The Morgan fingerprint density at radius 3 is 2.45 bits per heavy atom. The van der Waals surface area contributed by atoms with E-state index in [0.717, 1.165) is 64.0 Å². The Balaban J connectivity index is 1.24. The van der Waals surface area contributed by atoms with Gasteiger partial charge in [-0.25, -0.2) is 9.37 Å². The van der Waals surface area contributed by atoms with Crippen LogP contribution in [0.2, 0.25) is 0 Å². The number of hydrogen-bond acceptors (Lipinski definition) is 5. The van der Waals surface area contributed by atoms with E-state index in [9.17, 15) is 9.18 Å². The van der Waals surface area contributed by atoms with Crippen LogP contribution in [0.5, 0.6) is 11.5 Å². The third kappa shape index (κ3) is 4.20. The SMILES string of the molecule is COc1cc(-c2ccc3cc(-c4nc5cc(C(=O)N6CC7CCC6[C@@H]7N)cc(OC)c5n4C)n(CC4CC4)c3c2)ccc1F. The monoisotopic (exact) mass is 593 g/mol. The van der Waals surface area contributed by atoms with Gasteiger partial charge in [-0.2, -0.15) is 0 Å². The fraction of sp³-hybridized carbons (Fsp3) is 0.371. The molecule has 9 heteroatoms. The summed E-state index contributed by atoms with van der Waals surface area (Å²) in [5, 5.41) is 1.11.